The third-order valence-electron chi connectivity index (χ3n) is 3.72. The first-order chi connectivity index (χ1) is 8.72. The van der Waals surface area contributed by atoms with Gasteiger partial charge in [-0.2, -0.15) is 0 Å². The zero-order chi connectivity index (χ0) is 13.0. The fourth-order valence-corrected chi connectivity index (χ4v) is 2.56. The van der Waals surface area contributed by atoms with Gasteiger partial charge in [0.1, 0.15) is 5.75 Å². The van der Waals surface area contributed by atoms with Crippen molar-refractivity contribution in [2.45, 2.75) is 25.7 Å². The van der Waals surface area contributed by atoms with Crippen LogP contribution in [0.15, 0.2) is 18.2 Å². The number of anilines is 1. The van der Waals surface area contributed by atoms with Gasteiger partial charge in [0, 0.05) is 13.9 Å². The van der Waals surface area contributed by atoms with Crippen molar-refractivity contribution < 1.29 is 6.16 Å². The van der Waals surface area contributed by atoms with Crippen LogP contribution in [0, 0.1) is 0 Å². The number of hydrogen-bond donors (Lipinski definition) is 1. The number of rotatable bonds is 1. The molecule has 1 aromatic rings. The average Bonchev–Trinajstić information content (AvgIpc) is 3.00. The molecule has 1 saturated heterocycles. The zero-order valence-corrected chi connectivity index (χ0v) is 11.7. The quantitative estimate of drug-likeness (QED) is 0.828. The first-order valence-corrected chi connectivity index (χ1v) is 6.81. The van der Waals surface area contributed by atoms with Crippen molar-refractivity contribution in [2.75, 3.05) is 39.1 Å². The van der Waals surface area contributed by atoms with E-state index in [1.165, 1.54) is 37.2 Å². The van der Waals surface area contributed by atoms with Gasteiger partial charge in [-0.3, -0.25) is 0 Å². The Hall–Kier alpha value is -1.22. The maximum absolute atomic E-state index is 5.24. The second-order valence-electron chi connectivity index (χ2n) is 5.22. The van der Waals surface area contributed by atoms with Crippen LogP contribution in [0.5, 0.6) is 5.75 Å². The number of para-hydroxylation sites is 1. The van der Waals surface area contributed by atoms with E-state index in [2.05, 4.69) is 30.3 Å². The standard InChI is InChI=1S/C10H13NO.C5H11N.H2/c1-7-6-11-10-8(7)4-3-5-9(10)12-2;1-6-4-2-3-5-6;/h3-5,7,11H,6H2,1-2H3;2-5H2,1H3;1H. The molecule has 18 heavy (non-hydrogen) atoms. The molecule has 0 amide bonds. The molecule has 0 radical (unpaired) electrons. The fourth-order valence-electron chi connectivity index (χ4n) is 2.56. The van der Waals surface area contributed by atoms with E-state index < -0.39 is 0 Å². The highest BCUT2D eigenvalue weighted by Crippen LogP contribution is 2.37. The van der Waals surface area contributed by atoms with E-state index in [1.807, 2.05) is 12.1 Å². The van der Waals surface area contributed by atoms with E-state index in [1.54, 1.807) is 7.11 Å². The van der Waals surface area contributed by atoms with E-state index >= 15 is 0 Å². The molecule has 1 aromatic carbocycles. The minimum atomic E-state index is 0. The van der Waals surface area contributed by atoms with E-state index in [4.69, 9.17) is 4.74 Å². The topological polar surface area (TPSA) is 24.5 Å². The smallest absolute Gasteiger partial charge is 0.142 e. The number of fused-ring (bicyclic) bond motifs is 1. The Bertz CT molecular complexity index is 392. The summed E-state index contributed by atoms with van der Waals surface area (Å²) in [5.74, 6) is 1.56. The Kier molecular flexibility index (Phi) is 4.48. The van der Waals surface area contributed by atoms with Crippen molar-refractivity contribution in [2.24, 2.45) is 0 Å². The largest absolute Gasteiger partial charge is 0.495 e. The molecule has 0 aromatic heterocycles. The van der Waals surface area contributed by atoms with Crippen molar-refractivity contribution in [3.05, 3.63) is 23.8 Å². The molecule has 1 fully saturated rings. The molecule has 3 heteroatoms. The number of likely N-dealkylation sites (tertiary alicyclic amines) is 1. The summed E-state index contributed by atoms with van der Waals surface area (Å²) in [6.45, 7) is 5.88. The van der Waals surface area contributed by atoms with Crippen LogP contribution in [0.25, 0.3) is 0 Å². The van der Waals surface area contributed by atoms with Crippen molar-refractivity contribution >= 4 is 5.69 Å². The van der Waals surface area contributed by atoms with Crippen LogP contribution in [0.1, 0.15) is 32.7 Å². The van der Waals surface area contributed by atoms with Gasteiger partial charge in [-0.05, 0) is 44.6 Å². The van der Waals surface area contributed by atoms with E-state index in [0.29, 0.717) is 5.92 Å². The molecule has 2 aliphatic heterocycles. The van der Waals surface area contributed by atoms with E-state index in [0.717, 1.165) is 12.3 Å². The van der Waals surface area contributed by atoms with Gasteiger partial charge in [-0.25, -0.2) is 0 Å². The van der Waals surface area contributed by atoms with Gasteiger partial charge >= 0.3 is 0 Å². The summed E-state index contributed by atoms with van der Waals surface area (Å²) in [5.41, 5.74) is 2.54. The summed E-state index contributed by atoms with van der Waals surface area (Å²) >= 11 is 0. The van der Waals surface area contributed by atoms with Gasteiger partial charge in [0.2, 0.25) is 0 Å². The molecule has 3 nitrogen and oxygen atoms in total. The second-order valence-corrected chi connectivity index (χ2v) is 5.22. The average molecular weight is 250 g/mol. The summed E-state index contributed by atoms with van der Waals surface area (Å²) in [4.78, 5) is 2.36. The van der Waals surface area contributed by atoms with Gasteiger partial charge in [0.05, 0.1) is 12.8 Å². The number of methoxy groups -OCH3 is 1. The van der Waals surface area contributed by atoms with Crippen molar-refractivity contribution in [1.82, 2.24) is 4.90 Å². The van der Waals surface area contributed by atoms with Crippen molar-refractivity contribution in [3.63, 3.8) is 0 Å². The lowest BCUT2D eigenvalue weighted by Gasteiger charge is -2.06. The van der Waals surface area contributed by atoms with Gasteiger partial charge in [0.15, 0.2) is 0 Å². The summed E-state index contributed by atoms with van der Waals surface area (Å²) in [6.07, 6.45) is 2.83. The minimum absolute atomic E-state index is 0. The third-order valence-corrected chi connectivity index (χ3v) is 3.72. The highest BCUT2D eigenvalue weighted by atomic mass is 16.5. The number of hydrogen-bond acceptors (Lipinski definition) is 3. The minimum Gasteiger partial charge on any atom is -0.495 e. The first kappa shape index (κ1) is 13.2. The molecule has 1 N–H and O–H groups in total. The lowest BCUT2D eigenvalue weighted by atomic mass is 10.0. The predicted molar refractivity (Wildman–Crippen MR) is 78.7 cm³/mol. The number of benzene rings is 1. The molecule has 1 unspecified atom stereocenters. The maximum Gasteiger partial charge on any atom is 0.142 e. The first-order valence-electron chi connectivity index (χ1n) is 6.81. The Morgan fingerprint density at radius 3 is 2.61 bits per heavy atom. The van der Waals surface area contributed by atoms with Crippen LogP contribution in [-0.4, -0.2) is 38.7 Å². The summed E-state index contributed by atoms with van der Waals surface area (Å²) in [7, 11) is 3.88. The van der Waals surface area contributed by atoms with E-state index in [-0.39, 0.29) is 1.43 Å². The lowest BCUT2D eigenvalue weighted by Crippen LogP contribution is -2.10. The van der Waals surface area contributed by atoms with Crippen molar-refractivity contribution in [1.29, 1.82) is 0 Å². The number of nitrogens with one attached hydrogen (secondary N) is 1. The van der Waals surface area contributed by atoms with Gasteiger partial charge in [0.25, 0.3) is 0 Å². The molecule has 1 atom stereocenters. The molecule has 3 rings (SSSR count). The zero-order valence-electron chi connectivity index (χ0n) is 11.7. The Morgan fingerprint density at radius 1 is 1.33 bits per heavy atom. The molecule has 0 bridgehead atoms. The van der Waals surface area contributed by atoms with Gasteiger partial charge in [-0.15, -0.1) is 0 Å². The van der Waals surface area contributed by atoms with E-state index in [9.17, 15) is 0 Å². The highest BCUT2D eigenvalue weighted by Gasteiger charge is 2.20. The monoisotopic (exact) mass is 250 g/mol. The molecule has 2 aliphatic rings. The van der Waals surface area contributed by atoms with Gasteiger partial charge < -0.3 is 15.0 Å². The Morgan fingerprint density at radius 2 is 2.06 bits per heavy atom. The summed E-state index contributed by atoms with van der Waals surface area (Å²) in [6, 6.07) is 6.19. The lowest BCUT2D eigenvalue weighted by molar-refractivity contribution is 0.416. The fraction of sp³-hybridized carbons (Fsp3) is 0.600. The van der Waals surface area contributed by atoms with Gasteiger partial charge in [-0.1, -0.05) is 19.1 Å². The van der Waals surface area contributed by atoms with Crippen LogP contribution in [0.4, 0.5) is 5.69 Å². The van der Waals surface area contributed by atoms with Crippen LogP contribution in [0.3, 0.4) is 0 Å². The molecule has 2 heterocycles. The van der Waals surface area contributed by atoms with Crippen LogP contribution in [0.2, 0.25) is 0 Å². The number of ether oxygens (including phenoxy) is 1. The molecular formula is C15H26N2O. The molecule has 102 valence electrons. The molecule has 0 aliphatic carbocycles. The normalized spacial score (nSPS) is 21.8. The third kappa shape index (κ3) is 2.96. The Labute approximate surface area is 112 Å². The summed E-state index contributed by atoms with van der Waals surface area (Å²) in [5, 5.41) is 3.34. The second kappa shape index (κ2) is 6.10. The number of nitrogens with zero attached hydrogens (tertiary/aromatic N) is 1. The molecule has 0 saturated carbocycles. The predicted octanol–water partition coefficient (Wildman–Crippen LogP) is 3.18. The maximum atomic E-state index is 5.24. The SMILES string of the molecule is CN1CCCC1.COc1cccc2c1NCC2C.[HH]. The van der Waals surface area contributed by atoms with Crippen LogP contribution in [-0.2, 0) is 0 Å². The molecule has 0 spiro atoms. The summed E-state index contributed by atoms with van der Waals surface area (Å²) < 4.78 is 5.24. The molecular weight excluding hydrogens is 224 g/mol. The van der Waals surface area contributed by atoms with Crippen LogP contribution >= 0.6 is 0 Å². The Balaban J connectivity index is 0.000000220. The van der Waals surface area contributed by atoms with Crippen molar-refractivity contribution in [3.8, 4) is 5.75 Å². The van der Waals surface area contributed by atoms with Crippen LogP contribution < -0.4 is 10.1 Å². The highest BCUT2D eigenvalue weighted by molar-refractivity contribution is 5.66.